The second kappa shape index (κ2) is 2.19. The summed E-state index contributed by atoms with van der Waals surface area (Å²) in [4.78, 5) is 23.0. The standard InChI is InChI=1S/C11H10O2/c12-8-3-1-6-5-7-2-4-9(13)11(7)10(6)8/h1-5H2. The second-order valence-electron chi connectivity index (χ2n) is 3.98. The first kappa shape index (κ1) is 7.25. The van der Waals surface area contributed by atoms with Crippen LogP contribution in [0.4, 0.5) is 0 Å². The van der Waals surface area contributed by atoms with Gasteiger partial charge in [-0.3, -0.25) is 9.59 Å². The molecule has 3 aliphatic carbocycles. The Morgan fingerprint density at radius 3 is 1.62 bits per heavy atom. The predicted molar refractivity (Wildman–Crippen MR) is 47.2 cm³/mol. The highest BCUT2D eigenvalue weighted by Gasteiger charge is 2.38. The van der Waals surface area contributed by atoms with Crippen LogP contribution >= 0.6 is 0 Å². The van der Waals surface area contributed by atoms with Crippen LogP contribution in [0.2, 0.25) is 0 Å². The maximum Gasteiger partial charge on any atom is 0.163 e. The second-order valence-corrected chi connectivity index (χ2v) is 3.98. The van der Waals surface area contributed by atoms with Gasteiger partial charge in [-0.15, -0.1) is 0 Å². The third-order valence-electron chi connectivity index (χ3n) is 3.25. The number of fused-ring (bicyclic) bond motifs is 1. The minimum Gasteiger partial charge on any atom is -0.294 e. The van der Waals surface area contributed by atoms with E-state index in [4.69, 9.17) is 0 Å². The first-order valence-corrected chi connectivity index (χ1v) is 4.78. The average Bonchev–Trinajstić information content (AvgIpc) is 2.69. The summed E-state index contributed by atoms with van der Waals surface area (Å²) in [6.07, 6.45) is 3.98. The third kappa shape index (κ3) is 0.781. The lowest BCUT2D eigenvalue weighted by atomic mass is 10.0. The van der Waals surface area contributed by atoms with Crippen molar-refractivity contribution in [2.24, 2.45) is 0 Å². The van der Waals surface area contributed by atoms with Crippen LogP contribution in [0.15, 0.2) is 22.3 Å². The Morgan fingerprint density at radius 2 is 1.15 bits per heavy atom. The number of Topliss-reactive ketones (excluding diaryl/α,β-unsaturated/α-hetero) is 2. The van der Waals surface area contributed by atoms with Crippen molar-refractivity contribution < 1.29 is 9.59 Å². The van der Waals surface area contributed by atoms with E-state index < -0.39 is 0 Å². The van der Waals surface area contributed by atoms with Gasteiger partial charge in [-0.2, -0.15) is 0 Å². The zero-order chi connectivity index (χ0) is 9.00. The summed E-state index contributed by atoms with van der Waals surface area (Å²) in [6.45, 7) is 0. The Bertz CT molecular complexity index is 358. The van der Waals surface area contributed by atoms with Crippen molar-refractivity contribution in [1.82, 2.24) is 0 Å². The van der Waals surface area contributed by atoms with E-state index in [1.54, 1.807) is 0 Å². The molecule has 13 heavy (non-hydrogen) atoms. The van der Waals surface area contributed by atoms with Gasteiger partial charge in [0.2, 0.25) is 0 Å². The number of carbonyl (C=O) groups is 2. The summed E-state index contributed by atoms with van der Waals surface area (Å²) in [6, 6.07) is 0. The Morgan fingerprint density at radius 1 is 0.692 bits per heavy atom. The van der Waals surface area contributed by atoms with E-state index in [1.807, 2.05) is 0 Å². The molecule has 0 spiro atoms. The Balaban J connectivity index is 2.15. The van der Waals surface area contributed by atoms with Gasteiger partial charge in [-0.05, 0) is 19.3 Å². The molecule has 0 unspecified atom stereocenters. The van der Waals surface area contributed by atoms with Crippen LogP contribution < -0.4 is 0 Å². The normalized spacial score (nSPS) is 26.2. The number of hydrogen-bond donors (Lipinski definition) is 0. The molecule has 0 fully saturated rings. The van der Waals surface area contributed by atoms with Crippen LogP contribution in [0.3, 0.4) is 0 Å². The molecule has 3 aliphatic rings. The molecule has 0 N–H and O–H groups in total. The van der Waals surface area contributed by atoms with E-state index in [2.05, 4.69) is 0 Å². The fourth-order valence-electron chi connectivity index (χ4n) is 2.67. The molecular formula is C11H10O2. The molecule has 0 saturated carbocycles. The molecule has 0 aromatic rings. The minimum atomic E-state index is 0.204. The maximum absolute atomic E-state index is 11.5. The van der Waals surface area contributed by atoms with Gasteiger partial charge in [0, 0.05) is 24.0 Å². The number of rotatable bonds is 0. The van der Waals surface area contributed by atoms with Crippen LogP contribution in [0.1, 0.15) is 32.1 Å². The van der Waals surface area contributed by atoms with E-state index in [1.165, 1.54) is 11.1 Å². The Kier molecular flexibility index (Phi) is 1.22. The molecule has 0 aromatic carbocycles. The molecule has 0 heterocycles. The molecule has 0 saturated heterocycles. The van der Waals surface area contributed by atoms with Crippen LogP contribution in [-0.4, -0.2) is 11.6 Å². The minimum absolute atomic E-state index is 0.204. The molecule has 2 heteroatoms. The highest BCUT2D eigenvalue weighted by Crippen LogP contribution is 2.45. The highest BCUT2D eigenvalue weighted by atomic mass is 16.1. The zero-order valence-electron chi connectivity index (χ0n) is 7.35. The first-order valence-electron chi connectivity index (χ1n) is 4.78. The maximum atomic E-state index is 11.5. The highest BCUT2D eigenvalue weighted by molar-refractivity contribution is 6.17. The molecule has 2 nitrogen and oxygen atoms in total. The van der Waals surface area contributed by atoms with Gasteiger partial charge in [0.1, 0.15) is 0 Å². The third-order valence-corrected chi connectivity index (χ3v) is 3.25. The largest absolute Gasteiger partial charge is 0.294 e. The van der Waals surface area contributed by atoms with Gasteiger partial charge in [0.25, 0.3) is 0 Å². The fraction of sp³-hybridized carbons (Fsp3) is 0.455. The van der Waals surface area contributed by atoms with Gasteiger partial charge in [0.05, 0.1) is 0 Å². The van der Waals surface area contributed by atoms with Crippen LogP contribution in [0.25, 0.3) is 0 Å². The molecule has 3 rings (SSSR count). The van der Waals surface area contributed by atoms with Crippen molar-refractivity contribution in [3.63, 3.8) is 0 Å². The zero-order valence-corrected chi connectivity index (χ0v) is 7.35. The molecule has 0 radical (unpaired) electrons. The fourth-order valence-corrected chi connectivity index (χ4v) is 2.67. The lowest BCUT2D eigenvalue weighted by molar-refractivity contribution is -0.117. The molecule has 66 valence electrons. The van der Waals surface area contributed by atoms with Crippen molar-refractivity contribution in [1.29, 1.82) is 0 Å². The van der Waals surface area contributed by atoms with Gasteiger partial charge >= 0.3 is 0 Å². The SMILES string of the molecule is O=C1CCC2=C1C1=C(CCC1=O)C2. The van der Waals surface area contributed by atoms with Crippen molar-refractivity contribution in [3.05, 3.63) is 22.3 Å². The topological polar surface area (TPSA) is 34.1 Å². The summed E-state index contributed by atoms with van der Waals surface area (Å²) in [5.74, 6) is 0.408. The van der Waals surface area contributed by atoms with E-state index >= 15 is 0 Å². The monoisotopic (exact) mass is 174 g/mol. The summed E-state index contributed by atoms with van der Waals surface area (Å²) < 4.78 is 0. The summed E-state index contributed by atoms with van der Waals surface area (Å²) in [5, 5.41) is 0. The molecule has 0 bridgehead atoms. The molecule has 0 amide bonds. The average molecular weight is 174 g/mol. The van der Waals surface area contributed by atoms with E-state index in [0.717, 1.165) is 30.4 Å². The van der Waals surface area contributed by atoms with Crippen LogP contribution in [-0.2, 0) is 9.59 Å². The molecule has 0 aromatic heterocycles. The van der Waals surface area contributed by atoms with E-state index in [0.29, 0.717) is 12.8 Å². The number of ketones is 2. The quantitative estimate of drug-likeness (QED) is 0.560. The lowest BCUT2D eigenvalue weighted by Crippen LogP contribution is -2.04. The Labute approximate surface area is 76.3 Å². The lowest BCUT2D eigenvalue weighted by Gasteiger charge is -1.98. The van der Waals surface area contributed by atoms with E-state index in [9.17, 15) is 9.59 Å². The number of hydrogen-bond acceptors (Lipinski definition) is 2. The van der Waals surface area contributed by atoms with Crippen molar-refractivity contribution in [2.45, 2.75) is 32.1 Å². The first-order chi connectivity index (χ1) is 6.27. The van der Waals surface area contributed by atoms with E-state index in [-0.39, 0.29) is 11.6 Å². The van der Waals surface area contributed by atoms with Crippen LogP contribution in [0, 0.1) is 0 Å². The smallest absolute Gasteiger partial charge is 0.163 e. The van der Waals surface area contributed by atoms with Crippen molar-refractivity contribution >= 4 is 11.6 Å². The van der Waals surface area contributed by atoms with Gasteiger partial charge in [0.15, 0.2) is 11.6 Å². The Hall–Kier alpha value is -1.18. The van der Waals surface area contributed by atoms with Crippen molar-refractivity contribution in [2.75, 3.05) is 0 Å². The summed E-state index contributed by atoms with van der Waals surface area (Å²) >= 11 is 0. The summed E-state index contributed by atoms with van der Waals surface area (Å²) in [7, 11) is 0. The molecular weight excluding hydrogens is 164 g/mol. The summed E-state index contributed by atoms with van der Waals surface area (Å²) in [5.41, 5.74) is 4.11. The number of allylic oxidation sites excluding steroid dienone is 4. The van der Waals surface area contributed by atoms with Crippen molar-refractivity contribution in [3.8, 4) is 0 Å². The molecule has 0 atom stereocenters. The molecule has 0 aliphatic heterocycles. The number of carbonyl (C=O) groups excluding carboxylic acids is 2. The van der Waals surface area contributed by atoms with Crippen LogP contribution in [0.5, 0.6) is 0 Å². The van der Waals surface area contributed by atoms with Gasteiger partial charge in [-0.1, -0.05) is 11.1 Å². The van der Waals surface area contributed by atoms with Gasteiger partial charge in [-0.25, -0.2) is 0 Å². The predicted octanol–water partition coefficient (Wildman–Crippen LogP) is 1.71. The van der Waals surface area contributed by atoms with Gasteiger partial charge < -0.3 is 0 Å².